The minimum absolute atomic E-state index is 0.0613. The summed E-state index contributed by atoms with van der Waals surface area (Å²) in [7, 11) is 1.58. The second kappa shape index (κ2) is 17.5. The van der Waals surface area contributed by atoms with Gasteiger partial charge < -0.3 is 25.8 Å². The lowest BCUT2D eigenvalue weighted by Crippen LogP contribution is -2.40. The predicted molar refractivity (Wildman–Crippen MR) is 207 cm³/mol. The van der Waals surface area contributed by atoms with Gasteiger partial charge in [0.25, 0.3) is 23.6 Å². The Bertz CT molecular complexity index is 2440. The summed E-state index contributed by atoms with van der Waals surface area (Å²) in [6.07, 6.45) is -8.14. The third kappa shape index (κ3) is 10.1. The summed E-state index contributed by atoms with van der Waals surface area (Å²) < 4.78 is 84.2. The lowest BCUT2D eigenvalue weighted by molar-refractivity contribution is -0.274. The summed E-state index contributed by atoms with van der Waals surface area (Å²) in [5.74, 6) is -2.55. The fourth-order valence-corrected chi connectivity index (χ4v) is 6.01. The normalized spacial score (nSPS) is 14.4. The van der Waals surface area contributed by atoms with Gasteiger partial charge >= 0.3 is 12.5 Å². The van der Waals surface area contributed by atoms with Gasteiger partial charge in [0, 0.05) is 17.6 Å². The van der Waals surface area contributed by atoms with Gasteiger partial charge in [-0.15, -0.1) is 13.2 Å². The van der Waals surface area contributed by atoms with Crippen LogP contribution in [0.4, 0.5) is 43.5 Å². The van der Waals surface area contributed by atoms with Crippen molar-refractivity contribution in [2.45, 2.75) is 19.1 Å². The van der Waals surface area contributed by atoms with Gasteiger partial charge in [0.05, 0.1) is 24.8 Å². The molecule has 0 radical (unpaired) electrons. The maximum atomic E-state index is 13.2. The average molecular weight is 831 g/mol. The van der Waals surface area contributed by atoms with Crippen molar-refractivity contribution in [1.29, 1.82) is 0 Å². The van der Waals surface area contributed by atoms with E-state index in [1.165, 1.54) is 29.2 Å². The number of pyridine rings is 1. The van der Waals surface area contributed by atoms with Crippen molar-refractivity contribution in [1.82, 2.24) is 14.8 Å². The van der Waals surface area contributed by atoms with Gasteiger partial charge in [-0.25, -0.2) is 4.98 Å². The number of alkyl halides is 6. The Morgan fingerprint density at radius 1 is 0.600 bits per heavy atom. The molecule has 0 unspecified atom stereocenters. The van der Waals surface area contributed by atoms with Crippen molar-refractivity contribution in [2.24, 2.45) is 0 Å². The monoisotopic (exact) mass is 830 g/mol. The summed E-state index contributed by atoms with van der Waals surface area (Å²) >= 11 is 0. The van der Waals surface area contributed by atoms with E-state index in [0.717, 1.165) is 24.3 Å². The standard InChI is InChI=1S/C23H20N4O3.C19H12F6N2O3/c1-30-18-10-8-17(9-11-18)26-21-20(16-5-3-2-4-6-16)22(28)27(23(21)29)14-15-7-12-19(24)25-13-15;20-18(21,22)10-27-16(28)14(11-4-2-1-3-5-11)15(17(27)29)26-12-6-8-13(9-7-12)30-19(23,24)25/h2-13,26H,14H2,1H3,(H2,24,25);1-9,26H,10H2. The molecule has 0 saturated heterocycles. The Morgan fingerprint density at radius 3 is 1.50 bits per heavy atom. The van der Waals surface area contributed by atoms with Crippen LogP contribution in [0.1, 0.15) is 16.7 Å². The van der Waals surface area contributed by atoms with Crippen LogP contribution in [0.2, 0.25) is 0 Å². The van der Waals surface area contributed by atoms with E-state index in [1.807, 2.05) is 30.3 Å². The zero-order valence-corrected chi connectivity index (χ0v) is 31.2. The number of carbonyl (C=O) groups excluding carboxylic acids is 4. The summed E-state index contributed by atoms with van der Waals surface area (Å²) in [6.45, 7) is -1.67. The molecule has 4 amide bonds. The Hall–Kier alpha value is -7.63. The Labute approximate surface area is 337 Å². The maximum absolute atomic E-state index is 13.2. The highest BCUT2D eigenvalue weighted by molar-refractivity contribution is 6.37. The van der Waals surface area contributed by atoms with E-state index in [9.17, 15) is 45.5 Å². The molecule has 2 aliphatic heterocycles. The van der Waals surface area contributed by atoms with Gasteiger partial charge in [-0.3, -0.25) is 29.0 Å². The molecule has 4 aromatic carbocycles. The van der Waals surface area contributed by atoms with Crippen LogP contribution in [-0.4, -0.2) is 64.6 Å². The van der Waals surface area contributed by atoms with Gasteiger partial charge in [-0.05, 0) is 71.3 Å². The molecule has 18 heteroatoms. The molecule has 0 bridgehead atoms. The van der Waals surface area contributed by atoms with Crippen molar-refractivity contribution < 1.29 is 55.0 Å². The van der Waals surface area contributed by atoms with E-state index in [1.54, 1.807) is 55.8 Å². The lowest BCUT2D eigenvalue weighted by Gasteiger charge is -2.17. The smallest absolute Gasteiger partial charge is 0.497 e. The Kier molecular flexibility index (Phi) is 12.2. The summed E-state index contributed by atoms with van der Waals surface area (Å²) in [6, 6.07) is 31.4. The molecule has 4 N–H and O–H groups in total. The SMILES string of the molecule is COc1ccc(NC2=C(c3ccccc3)C(=O)N(Cc3ccc(N)nc3)C2=O)cc1.O=C1C(Nc2ccc(OC(F)(F)F)cc2)=C(c2ccccc2)C(=O)N1CC(F)(F)F. The third-order valence-corrected chi connectivity index (χ3v) is 8.70. The highest BCUT2D eigenvalue weighted by atomic mass is 19.4. The predicted octanol–water partition coefficient (Wildman–Crippen LogP) is 7.40. The van der Waals surface area contributed by atoms with E-state index in [-0.39, 0.29) is 39.9 Å². The van der Waals surface area contributed by atoms with E-state index >= 15 is 0 Å². The first-order valence-electron chi connectivity index (χ1n) is 17.6. The molecule has 5 aromatic rings. The van der Waals surface area contributed by atoms with Gasteiger partial charge in [-0.1, -0.05) is 66.7 Å². The number of halogens is 6. The van der Waals surface area contributed by atoms with Crippen LogP contribution in [0.25, 0.3) is 11.1 Å². The van der Waals surface area contributed by atoms with Crippen LogP contribution in [0.5, 0.6) is 11.5 Å². The van der Waals surface area contributed by atoms with Crippen LogP contribution in [0.15, 0.2) is 139 Å². The molecule has 7 rings (SSSR count). The minimum atomic E-state index is -4.90. The molecule has 0 atom stereocenters. The fourth-order valence-electron chi connectivity index (χ4n) is 6.01. The third-order valence-electron chi connectivity index (χ3n) is 8.70. The van der Waals surface area contributed by atoms with Crippen molar-refractivity contribution in [2.75, 3.05) is 30.0 Å². The molecule has 2 aliphatic rings. The highest BCUT2D eigenvalue weighted by Crippen LogP contribution is 2.34. The number of rotatable bonds is 11. The van der Waals surface area contributed by atoms with Crippen LogP contribution in [-0.2, 0) is 25.7 Å². The van der Waals surface area contributed by atoms with Gasteiger partial charge in [-0.2, -0.15) is 13.2 Å². The molecular weight excluding hydrogens is 798 g/mol. The van der Waals surface area contributed by atoms with E-state index in [4.69, 9.17) is 10.5 Å². The first-order chi connectivity index (χ1) is 28.5. The molecular formula is C42H32F6N6O6. The quantitative estimate of drug-likeness (QED) is 0.0906. The zero-order chi connectivity index (χ0) is 43.2. The fraction of sp³-hybridized carbons (Fsp3) is 0.119. The van der Waals surface area contributed by atoms with Crippen molar-refractivity contribution in [3.05, 3.63) is 156 Å². The summed E-state index contributed by atoms with van der Waals surface area (Å²) in [4.78, 5) is 56.9. The van der Waals surface area contributed by atoms with Gasteiger partial charge in [0.2, 0.25) is 0 Å². The number of methoxy groups -OCH3 is 1. The molecule has 0 aliphatic carbocycles. The van der Waals surface area contributed by atoms with Crippen LogP contribution in [0, 0.1) is 0 Å². The number of nitrogens with zero attached hydrogens (tertiary/aromatic N) is 3. The molecule has 0 fully saturated rings. The molecule has 12 nitrogen and oxygen atoms in total. The van der Waals surface area contributed by atoms with Crippen LogP contribution >= 0.6 is 0 Å². The maximum Gasteiger partial charge on any atom is 0.573 e. The molecule has 3 heterocycles. The molecule has 0 spiro atoms. The average Bonchev–Trinajstić information content (AvgIpc) is 3.58. The summed E-state index contributed by atoms with van der Waals surface area (Å²) in [5.41, 5.74) is 7.85. The molecule has 60 heavy (non-hydrogen) atoms. The summed E-state index contributed by atoms with van der Waals surface area (Å²) in [5, 5.41) is 5.66. The number of aromatic nitrogens is 1. The van der Waals surface area contributed by atoms with E-state index in [0.29, 0.717) is 34.0 Å². The number of nitrogens with two attached hydrogens (primary N) is 1. The van der Waals surface area contributed by atoms with E-state index in [2.05, 4.69) is 20.4 Å². The van der Waals surface area contributed by atoms with Crippen LogP contribution < -0.4 is 25.8 Å². The molecule has 1 aromatic heterocycles. The number of hydrogen-bond donors (Lipinski definition) is 3. The number of amides is 4. The molecule has 308 valence electrons. The van der Waals surface area contributed by atoms with E-state index < -0.39 is 48.3 Å². The minimum Gasteiger partial charge on any atom is -0.497 e. The zero-order valence-electron chi connectivity index (χ0n) is 31.2. The topological polar surface area (TPSA) is 156 Å². The van der Waals surface area contributed by atoms with Gasteiger partial charge in [0.15, 0.2) is 0 Å². The van der Waals surface area contributed by atoms with Gasteiger partial charge in [0.1, 0.15) is 35.3 Å². The number of benzene rings is 4. The number of anilines is 3. The highest BCUT2D eigenvalue weighted by Gasteiger charge is 2.45. The second-order valence-corrected chi connectivity index (χ2v) is 12.9. The lowest BCUT2D eigenvalue weighted by atomic mass is 10.0. The first kappa shape index (κ1) is 42.0. The largest absolute Gasteiger partial charge is 0.573 e. The first-order valence-corrected chi connectivity index (χ1v) is 17.6. The molecule has 0 saturated carbocycles. The van der Waals surface area contributed by atoms with Crippen LogP contribution in [0.3, 0.4) is 0 Å². The number of ether oxygens (including phenoxy) is 2. The number of nitrogens with one attached hydrogen (secondary N) is 2. The van der Waals surface area contributed by atoms with Crippen molar-refractivity contribution in [3.63, 3.8) is 0 Å². The number of imide groups is 2. The Balaban J connectivity index is 0.000000201. The number of carbonyl (C=O) groups is 4. The number of nitrogen functional groups attached to an aromatic ring is 1. The second-order valence-electron chi connectivity index (χ2n) is 12.9. The number of hydrogen-bond acceptors (Lipinski definition) is 10. The van der Waals surface area contributed by atoms with Crippen molar-refractivity contribution >= 4 is 52.0 Å². The van der Waals surface area contributed by atoms with Crippen molar-refractivity contribution in [3.8, 4) is 11.5 Å². The Morgan fingerprint density at radius 2 is 1.07 bits per heavy atom.